The maximum absolute atomic E-state index is 5.38. The van der Waals surface area contributed by atoms with E-state index in [9.17, 15) is 0 Å². The predicted molar refractivity (Wildman–Crippen MR) is 216 cm³/mol. The van der Waals surface area contributed by atoms with Gasteiger partial charge in [0.05, 0.1) is 22.1 Å². The average Bonchev–Trinajstić information content (AvgIpc) is 3.71. The highest BCUT2D eigenvalue weighted by Crippen LogP contribution is 2.62. The van der Waals surface area contributed by atoms with E-state index in [1.54, 1.807) is 0 Å². The molecule has 10 aromatic rings. The molecule has 12 rings (SSSR count). The maximum Gasteiger partial charge on any atom is 0.237 e. The normalized spacial score (nSPS) is 13.7. The van der Waals surface area contributed by atoms with Gasteiger partial charge in [0, 0.05) is 37.7 Å². The maximum atomic E-state index is 5.38. The van der Waals surface area contributed by atoms with Crippen molar-refractivity contribution in [3.8, 4) is 28.3 Å². The summed E-state index contributed by atoms with van der Waals surface area (Å²) < 4.78 is 2.27. The fourth-order valence-corrected chi connectivity index (χ4v) is 10.4. The molecule has 5 heteroatoms. The highest BCUT2D eigenvalue weighted by atomic mass is 32.2. The van der Waals surface area contributed by atoms with Crippen LogP contribution in [0, 0.1) is 0 Å². The molecule has 2 aliphatic rings. The number of nitrogens with zero attached hydrogens (tertiary/aromatic N) is 4. The van der Waals surface area contributed by atoms with Gasteiger partial charge in [-0.25, -0.2) is 9.97 Å². The van der Waals surface area contributed by atoms with Crippen LogP contribution < -0.4 is 0 Å². The Labute approximate surface area is 309 Å². The molecular formula is C48H28N4S. The second kappa shape index (κ2) is 10.7. The van der Waals surface area contributed by atoms with Gasteiger partial charge in [-0.15, -0.1) is 0 Å². The Kier molecular flexibility index (Phi) is 5.89. The second-order valence-corrected chi connectivity index (χ2v) is 15.0. The molecule has 1 aliphatic heterocycles. The molecular weight excluding hydrogens is 665 g/mol. The summed E-state index contributed by atoms with van der Waals surface area (Å²) in [4.78, 5) is 17.8. The van der Waals surface area contributed by atoms with E-state index in [-0.39, 0.29) is 0 Å². The van der Waals surface area contributed by atoms with Crippen LogP contribution in [0.3, 0.4) is 0 Å². The van der Waals surface area contributed by atoms with Gasteiger partial charge in [0.25, 0.3) is 0 Å². The summed E-state index contributed by atoms with van der Waals surface area (Å²) in [5, 5.41) is 5.72. The summed E-state index contributed by atoms with van der Waals surface area (Å²) in [6, 6.07) is 59.5. The van der Waals surface area contributed by atoms with Crippen LogP contribution >= 0.6 is 11.8 Å². The number of hydrogen-bond donors (Lipinski definition) is 0. The van der Waals surface area contributed by atoms with E-state index in [0.29, 0.717) is 11.6 Å². The standard InChI is InChI=1S/C48H28N4S/c1-2-14-30(15-3-1)45-34-19-12-26-49-46(34)51-47(50-45)52-40-25-24-29-13-4-5-16-31(29)44(40)35-27-39-43(28-41(35)52)53-42-23-11-10-22-38(42)48(39)36-20-8-6-17-32(36)33-18-7-9-21-37(33)48/h1-28H. The number of pyridine rings is 1. The van der Waals surface area contributed by atoms with Gasteiger partial charge in [0.2, 0.25) is 5.95 Å². The number of rotatable bonds is 2. The van der Waals surface area contributed by atoms with Gasteiger partial charge < -0.3 is 0 Å². The van der Waals surface area contributed by atoms with E-state index in [4.69, 9.17) is 15.0 Å². The van der Waals surface area contributed by atoms with Crippen molar-refractivity contribution in [1.29, 1.82) is 0 Å². The van der Waals surface area contributed by atoms with E-state index in [1.807, 2.05) is 30.1 Å². The van der Waals surface area contributed by atoms with E-state index >= 15 is 0 Å². The first-order valence-electron chi connectivity index (χ1n) is 17.9. The van der Waals surface area contributed by atoms with E-state index in [1.165, 1.54) is 64.7 Å². The topological polar surface area (TPSA) is 43.6 Å². The molecule has 0 fully saturated rings. The number of aromatic nitrogens is 4. The fourth-order valence-electron chi connectivity index (χ4n) is 9.22. The molecule has 0 atom stereocenters. The zero-order valence-corrected chi connectivity index (χ0v) is 29.2. The summed E-state index contributed by atoms with van der Waals surface area (Å²) in [6.07, 6.45) is 1.81. The summed E-state index contributed by atoms with van der Waals surface area (Å²) in [6.45, 7) is 0. The lowest BCUT2D eigenvalue weighted by molar-refractivity contribution is 0.724. The first-order valence-corrected chi connectivity index (χ1v) is 18.8. The number of hydrogen-bond acceptors (Lipinski definition) is 4. The lowest BCUT2D eigenvalue weighted by atomic mass is 9.67. The average molecular weight is 693 g/mol. The molecule has 53 heavy (non-hydrogen) atoms. The van der Waals surface area contributed by atoms with Crippen LogP contribution in [0.25, 0.3) is 71.9 Å². The van der Waals surface area contributed by atoms with Crippen LogP contribution in [0.5, 0.6) is 0 Å². The Morgan fingerprint density at radius 2 is 1.19 bits per heavy atom. The Balaban J connectivity index is 1.25. The summed E-state index contributed by atoms with van der Waals surface area (Å²) in [5.74, 6) is 0.609. The smallest absolute Gasteiger partial charge is 0.237 e. The van der Waals surface area contributed by atoms with E-state index in [0.717, 1.165) is 27.7 Å². The first kappa shape index (κ1) is 29.1. The minimum absolute atomic E-state index is 0.471. The number of fused-ring (bicyclic) bond motifs is 15. The molecule has 0 saturated carbocycles. The molecule has 0 N–H and O–H groups in total. The van der Waals surface area contributed by atoms with Crippen molar-refractivity contribution in [2.45, 2.75) is 15.2 Å². The minimum Gasteiger partial charge on any atom is -0.278 e. The third kappa shape index (κ3) is 3.84. The molecule has 3 aromatic heterocycles. The number of benzene rings is 7. The molecule has 7 aromatic carbocycles. The van der Waals surface area contributed by atoms with Gasteiger partial charge >= 0.3 is 0 Å². The fraction of sp³-hybridized carbons (Fsp3) is 0.0208. The Morgan fingerprint density at radius 1 is 0.491 bits per heavy atom. The van der Waals surface area contributed by atoms with Crippen molar-refractivity contribution in [3.05, 3.63) is 192 Å². The van der Waals surface area contributed by atoms with Crippen molar-refractivity contribution in [3.63, 3.8) is 0 Å². The van der Waals surface area contributed by atoms with Gasteiger partial charge in [0.1, 0.15) is 0 Å². The third-order valence-electron chi connectivity index (χ3n) is 11.3. The van der Waals surface area contributed by atoms with Crippen LogP contribution in [0.4, 0.5) is 0 Å². The molecule has 246 valence electrons. The van der Waals surface area contributed by atoms with Crippen LogP contribution in [-0.4, -0.2) is 19.5 Å². The lowest BCUT2D eigenvalue weighted by Crippen LogP contribution is -2.32. The Hall–Kier alpha value is -6.56. The third-order valence-corrected chi connectivity index (χ3v) is 12.5. The van der Waals surface area contributed by atoms with Crippen molar-refractivity contribution in [2.75, 3.05) is 0 Å². The Bertz CT molecular complexity index is 3120. The second-order valence-electron chi connectivity index (χ2n) is 13.9. The van der Waals surface area contributed by atoms with Crippen LogP contribution in [0.15, 0.2) is 180 Å². The van der Waals surface area contributed by atoms with Gasteiger partial charge in [-0.2, -0.15) is 4.98 Å². The zero-order valence-electron chi connectivity index (χ0n) is 28.4. The van der Waals surface area contributed by atoms with Gasteiger partial charge in [-0.3, -0.25) is 4.57 Å². The van der Waals surface area contributed by atoms with Crippen LogP contribution in [0.1, 0.15) is 22.3 Å². The zero-order chi connectivity index (χ0) is 34.7. The largest absolute Gasteiger partial charge is 0.278 e. The van der Waals surface area contributed by atoms with Crippen molar-refractivity contribution < 1.29 is 0 Å². The molecule has 1 aliphatic carbocycles. The predicted octanol–water partition coefficient (Wildman–Crippen LogP) is 11.8. The monoisotopic (exact) mass is 692 g/mol. The molecule has 0 saturated heterocycles. The van der Waals surface area contributed by atoms with Gasteiger partial charge in [0.15, 0.2) is 5.65 Å². The molecule has 0 radical (unpaired) electrons. The highest BCUT2D eigenvalue weighted by molar-refractivity contribution is 7.99. The van der Waals surface area contributed by atoms with Crippen molar-refractivity contribution in [1.82, 2.24) is 19.5 Å². The van der Waals surface area contributed by atoms with Gasteiger partial charge in [-0.1, -0.05) is 139 Å². The highest BCUT2D eigenvalue weighted by Gasteiger charge is 2.50. The van der Waals surface area contributed by atoms with Crippen LogP contribution in [-0.2, 0) is 5.41 Å². The van der Waals surface area contributed by atoms with E-state index < -0.39 is 5.41 Å². The van der Waals surface area contributed by atoms with E-state index in [2.05, 4.69) is 156 Å². The molecule has 4 nitrogen and oxygen atoms in total. The minimum atomic E-state index is -0.471. The SMILES string of the molecule is c1ccc(-c2nc(-n3c4cc5c(cc4c4c6ccccc6ccc43)C3(c4ccccc4S5)c4ccccc4-c4ccccc43)nc3ncccc23)cc1. The summed E-state index contributed by atoms with van der Waals surface area (Å²) in [7, 11) is 0. The molecule has 0 unspecified atom stereocenters. The summed E-state index contributed by atoms with van der Waals surface area (Å²) >= 11 is 1.86. The van der Waals surface area contributed by atoms with Crippen LogP contribution in [0.2, 0.25) is 0 Å². The Morgan fingerprint density at radius 3 is 2.02 bits per heavy atom. The molecule has 0 bridgehead atoms. The molecule has 1 spiro atoms. The summed E-state index contributed by atoms with van der Waals surface area (Å²) in [5.41, 5.74) is 12.2. The molecule has 0 amide bonds. The lowest BCUT2D eigenvalue weighted by Gasteiger charge is -2.39. The van der Waals surface area contributed by atoms with Crippen molar-refractivity contribution >= 4 is 55.4 Å². The van der Waals surface area contributed by atoms with Crippen molar-refractivity contribution in [2.24, 2.45) is 0 Å². The molecule has 4 heterocycles. The first-order chi connectivity index (χ1) is 26.3. The van der Waals surface area contributed by atoms with Gasteiger partial charge in [-0.05, 0) is 80.6 Å². The quantitative estimate of drug-likeness (QED) is 0.181.